The number of rotatable bonds is 1. The van der Waals surface area contributed by atoms with Crippen LogP contribution < -0.4 is 5.73 Å². The smallest absolute Gasteiger partial charge is 0.163 e. The Morgan fingerprint density at radius 2 is 1.95 bits per heavy atom. The van der Waals surface area contributed by atoms with Crippen LogP contribution in [0.25, 0.3) is 21.8 Å². The summed E-state index contributed by atoms with van der Waals surface area (Å²) in [5.41, 5.74) is 11.2. The van der Waals surface area contributed by atoms with Crippen molar-refractivity contribution in [2.45, 2.75) is 19.4 Å². The number of aromatic nitrogens is 1. The van der Waals surface area contributed by atoms with E-state index in [1.807, 2.05) is 18.2 Å². The molecule has 0 amide bonds. The molecule has 1 heterocycles. The lowest BCUT2D eigenvalue weighted by Crippen LogP contribution is -1.95. The van der Waals surface area contributed by atoms with E-state index in [2.05, 4.69) is 17.1 Å². The second-order valence-electron chi connectivity index (χ2n) is 5.15. The van der Waals surface area contributed by atoms with Crippen molar-refractivity contribution in [1.29, 1.82) is 0 Å². The molecule has 0 bridgehead atoms. The molecule has 1 aromatic heterocycles. The van der Waals surface area contributed by atoms with Crippen LogP contribution in [0.5, 0.6) is 0 Å². The molecule has 0 radical (unpaired) electrons. The third-order valence-electron chi connectivity index (χ3n) is 4.07. The summed E-state index contributed by atoms with van der Waals surface area (Å²) >= 11 is 0. The van der Waals surface area contributed by atoms with Gasteiger partial charge in [0.05, 0.1) is 0 Å². The van der Waals surface area contributed by atoms with Gasteiger partial charge in [-0.15, -0.1) is 0 Å². The largest absolute Gasteiger partial charge is 0.355 e. The van der Waals surface area contributed by atoms with Crippen molar-refractivity contribution in [3.8, 4) is 0 Å². The first-order chi connectivity index (χ1) is 9.28. The van der Waals surface area contributed by atoms with Crippen LogP contribution in [0.4, 0.5) is 0 Å². The fourth-order valence-electron chi connectivity index (χ4n) is 3.13. The predicted molar refractivity (Wildman–Crippen MR) is 76.3 cm³/mol. The molecule has 19 heavy (non-hydrogen) atoms. The van der Waals surface area contributed by atoms with Gasteiger partial charge in [-0.1, -0.05) is 6.07 Å². The van der Waals surface area contributed by atoms with E-state index in [1.54, 1.807) is 0 Å². The maximum atomic E-state index is 11.9. The molecule has 3 heteroatoms. The topological polar surface area (TPSA) is 58.9 Å². The van der Waals surface area contributed by atoms with Crippen molar-refractivity contribution in [2.24, 2.45) is 5.73 Å². The molecule has 1 aliphatic carbocycles. The average Bonchev–Trinajstić information content (AvgIpc) is 2.98. The zero-order valence-electron chi connectivity index (χ0n) is 10.5. The Morgan fingerprint density at radius 3 is 2.79 bits per heavy atom. The van der Waals surface area contributed by atoms with Crippen molar-refractivity contribution in [3.63, 3.8) is 0 Å². The number of nitrogens with one attached hydrogen (secondary N) is 1. The van der Waals surface area contributed by atoms with E-state index in [-0.39, 0.29) is 5.78 Å². The van der Waals surface area contributed by atoms with E-state index in [9.17, 15) is 4.79 Å². The Morgan fingerprint density at radius 1 is 1.11 bits per heavy atom. The van der Waals surface area contributed by atoms with Gasteiger partial charge in [-0.25, -0.2) is 0 Å². The lowest BCUT2D eigenvalue weighted by molar-refractivity contribution is 0.0994. The van der Waals surface area contributed by atoms with E-state index in [1.165, 1.54) is 16.3 Å². The number of aryl methyl sites for hydroxylation is 1. The minimum absolute atomic E-state index is 0.265. The SMILES string of the molecule is NCc1ccc2[nH]c3ccc4c(c3c2c1)CCC4=O. The number of fused-ring (bicyclic) bond motifs is 5. The highest BCUT2D eigenvalue weighted by atomic mass is 16.1. The molecule has 2 aromatic carbocycles. The molecule has 3 N–H and O–H groups in total. The van der Waals surface area contributed by atoms with E-state index < -0.39 is 0 Å². The molecule has 4 rings (SSSR count). The van der Waals surface area contributed by atoms with Gasteiger partial charge in [0.2, 0.25) is 0 Å². The normalized spacial score (nSPS) is 14.5. The summed E-state index contributed by atoms with van der Waals surface area (Å²) in [4.78, 5) is 15.3. The van der Waals surface area contributed by atoms with Gasteiger partial charge in [0.1, 0.15) is 0 Å². The molecular formula is C16H14N2O. The summed E-state index contributed by atoms with van der Waals surface area (Å²) < 4.78 is 0. The summed E-state index contributed by atoms with van der Waals surface area (Å²) in [6.45, 7) is 0.538. The number of ketones is 1. The number of Topliss-reactive ketones (excluding diaryl/α,β-unsaturated/α-hetero) is 1. The van der Waals surface area contributed by atoms with Crippen LogP contribution in [0.15, 0.2) is 30.3 Å². The molecule has 1 aliphatic rings. The standard InChI is InChI=1S/C16H14N2O/c17-8-9-1-4-13-12(7-9)16-11-3-6-15(19)10(11)2-5-14(16)18-13/h1-2,4-5,7,18H,3,6,8,17H2. The third-order valence-corrected chi connectivity index (χ3v) is 4.07. The third kappa shape index (κ3) is 1.39. The van der Waals surface area contributed by atoms with E-state index in [0.29, 0.717) is 13.0 Å². The quantitative estimate of drug-likeness (QED) is 0.697. The highest BCUT2D eigenvalue weighted by Gasteiger charge is 2.23. The van der Waals surface area contributed by atoms with Crippen molar-refractivity contribution < 1.29 is 4.79 Å². The average molecular weight is 250 g/mol. The first-order valence-corrected chi connectivity index (χ1v) is 6.57. The van der Waals surface area contributed by atoms with E-state index >= 15 is 0 Å². The van der Waals surface area contributed by atoms with Crippen LogP contribution >= 0.6 is 0 Å². The molecular weight excluding hydrogens is 236 g/mol. The Balaban J connectivity index is 2.17. The monoisotopic (exact) mass is 250 g/mol. The number of hydrogen-bond donors (Lipinski definition) is 2. The van der Waals surface area contributed by atoms with Crippen molar-refractivity contribution >= 4 is 27.6 Å². The Labute approximate surface area is 110 Å². The zero-order valence-corrected chi connectivity index (χ0v) is 10.5. The first kappa shape index (κ1) is 10.8. The van der Waals surface area contributed by atoms with Gasteiger partial charge >= 0.3 is 0 Å². The lowest BCUT2D eigenvalue weighted by atomic mass is 10.0. The fourth-order valence-corrected chi connectivity index (χ4v) is 3.13. The maximum absolute atomic E-state index is 11.9. The molecule has 0 saturated heterocycles. The van der Waals surface area contributed by atoms with Crippen LogP contribution in [0, 0.1) is 0 Å². The number of carbonyl (C=O) groups excluding carboxylic acids is 1. The summed E-state index contributed by atoms with van der Waals surface area (Å²) in [6, 6.07) is 10.2. The summed E-state index contributed by atoms with van der Waals surface area (Å²) in [5, 5.41) is 2.39. The second-order valence-corrected chi connectivity index (χ2v) is 5.15. The molecule has 3 aromatic rings. The minimum atomic E-state index is 0.265. The van der Waals surface area contributed by atoms with Gasteiger partial charge in [-0.3, -0.25) is 4.79 Å². The molecule has 0 saturated carbocycles. The number of benzene rings is 2. The summed E-state index contributed by atoms with van der Waals surface area (Å²) in [5.74, 6) is 0.265. The van der Waals surface area contributed by atoms with E-state index in [4.69, 9.17) is 5.73 Å². The zero-order chi connectivity index (χ0) is 13.0. The Kier molecular flexibility index (Phi) is 2.09. The van der Waals surface area contributed by atoms with Crippen LogP contribution in [0.3, 0.4) is 0 Å². The van der Waals surface area contributed by atoms with Crippen molar-refractivity contribution in [1.82, 2.24) is 4.98 Å². The van der Waals surface area contributed by atoms with Crippen LogP contribution in [0.1, 0.15) is 27.9 Å². The van der Waals surface area contributed by atoms with Gasteiger partial charge in [0.25, 0.3) is 0 Å². The number of H-pyrrole nitrogens is 1. The number of carbonyl (C=O) groups is 1. The van der Waals surface area contributed by atoms with Gasteiger partial charge < -0.3 is 10.7 Å². The Hall–Kier alpha value is -2.13. The van der Waals surface area contributed by atoms with Crippen molar-refractivity contribution in [2.75, 3.05) is 0 Å². The highest BCUT2D eigenvalue weighted by Crippen LogP contribution is 2.35. The number of aromatic amines is 1. The molecule has 0 atom stereocenters. The molecule has 3 nitrogen and oxygen atoms in total. The van der Waals surface area contributed by atoms with Crippen molar-refractivity contribution in [3.05, 3.63) is 47.0 Å². The lowest BCUT2D eigenvalue weighted by Gasteiger charge is -2.01. The van der Waals surface area contributed by atoms with E-state index in [0.717, 1.165) is 28.6 Å². The van der Waals surface area contributed by atoms with Crippen LogP contribution in [0.2, 0.25) is 0 Å². The van der Waals surface area contributed by atoms with Crippen LogP contribution in [-0.4, -0.2) is 10.8 Å². The van der Waals surface area contributed by atoms with Gasteiger partial charge in [-0.05, 0) is 41.8 Å². The molecule has 0 aliphatic heterocycles. The second kappa shape index (κ2) is 3.68. The summed E-state index contributed by atoms with van der Waals surface area (Å²) in [7, 11) is 0. The van der Waals surface area contributed by atoms with Gasteiger partial charge in [0, 0.05) is 40.3 Å². The molecule has 0 unspecified atom stereocenters. The fraction of sp³-hybridized carbons (Fsp3) is 0.188. The van der Waals surface area contributed by atoms with Gasteiger partial charge in [-0.2, -0.15) is 0 Å². The minimum Gasteiger partial charge on any atom is -0.355 e. The first-order valence-electron chi connectivity index (χ1n) is 6.57. The number of hydrogen-bond acceptors (Lipinski definition) is 2. The number of nitrogens with two attached hydrogens (primary N) is 1. The predicted octanol–water partition coefficient (Wildman–Crippen LogP) is 2.91. The molecule has 0 fully saturated rings. The van der Waals surface area contributed by atoms with Crippen LogP contribution in [-0.2, 0) is 13.0 Å². The molecule has 0 spiro atoms. The summed E-state index contributed by atoms with van der Waals surface area (Å²) in [6.07, 6.45) is 1.49. The van der Waals surface area contributed by atoms with Gasteiger partial charge in [0.15, 0.2) is 5.78 Å². The Bertz CT molecular complexity index is 829. The molecule has 94 valence electrons. The highest BCUT2D eigenvalue weighted by molar-refractivity contribution is 6.14. The maximum Gasteiger partial charge on any atom is 0.163 e.